The van der Waals surface area contributed by atoms with E-state index in [4.69, 9.17) is 4.74 Å². The summed E-state index contributed by atoms with van der Waals surface area (Å²) in [4.78, 5) is 28.0. The molecule has 1 saturated heterocycles. The van der Waals surface area contributed by atoms with Gasteiger partial charge in [-0.3, -0.25) is 9.59 Å². The van der Waals surface area contributed by atoms with Gasteiger partial charge in [-0.15, -0.1) is 0 Å². The van der Waals surface area contributed by atoms with Crippen molar-refractivity contribution in [3.8, 4) is 5.75 Å². The molecule has 122 valence electrons. The zero-order chi connectivity index (χ0) is 16.7. The molecule has 5 nitrogen and oxygen atoms in total. The molecule has 1 aromatic carbocycles. The van der Waals surface area contributed by atoms with Crippen molar-refractivity contribution < 1.29 is 14.3 Å². The van der Waals surface area contributed by atoms with E-state index in [1.165, 1.54) is 0 Å². The normalized spacial score (nSPS) is 15.4. The van der Waals surface area contributed by atoms with Gasteiger partial charge in [0.1, 0.15) is 5.75 Å². The number of ether oxygens (including phenoxy) is 1. The van der Waals surface area contributed by atoms with Crippen molar-refractivity contribution in [2.75, 3.05) is 33.3 Å². The summed E-state index contributed by atoms with van der Waals surface area (Å²) in [5.74, 6) is 0.703. The van der Waals surface area contributed by atoms with Gasteiger partial charge in [-0.25, -0.2) is 0 Å². The van der Waals surface area contributed by atoms with Crippen molar-refractivity contribution in [2.45, 2.75) is 6.92 Å². The van der Waals surface area contributed by atoms with E-state index in [0.29, 0.717) is 31.7 Å². The molecule has 2 rings (SSSR count). The maximum absolute atomic E-state index is 12.4. The molecule has 1 heterocycles. The molecule has 0 atom stereocenters. The fraction of sp³-hybridized carbons (Fsp3) is 0.333. The van der Waals surface area contributed by atoms with Crippen LogP contribution in [0.1, 0.15) is 17.3 Å². The van der Waals surface area contributed by atoms with E-state index in [2.05, 4.69) is 0 Å². The Morgan fingerprint density at radius 3 is 2.17 bits per heavy atom. The molecular formula is C18H22N2O3. The number of rotatable bonds is 4. The molecule has 0 unspecified atom stereocenters. The van der Waals surface area contributed by atoms with Crippen LogP contribution < -0.4 is 4.74 Å². The highest BCUT2D eigenvalue weighted by molar-refractivity contribution is 5.94. The van der Waals surface area contributed by atoms with Crippen LogP contribution in [-0.4, -0.2) is 54.9 Å². The van der Waals surface area contributed by atoms with Gasteiger partial charge in [0.15, 0.2) is 0 Å². The number of piperazine rings is 1. The molecular weight excluding hydrogens is 292 g/mol. The van der Waals surface area contributed by atoms with E-state index < -0.39 is 0 Å². The average Bonchev–Trinajstić information content (AvgIpc) is 2.61. The first-order valence-corrected chi connectivity index (χ1v) is 7.67. The number of carbonyl (C=O) groups excluding carboxylic acids is 2. The molecule has 5 heteroatoms. The van der Waals surface area contributed by atoms with E-state index in [1.807, 2.05) is 19.1 Å². The maximum Gasteiger partial charge on any atom is 0.253 e. The number of allylic oxidation sites excluding steroid dienone is 3. The van der Waals surface area contributed by atoms with Crippen LogP contribution in [0.3, 0.4) is 0 Å². The quantitative estimate of drug-likeness (QED) is 0.632. The van der Waals surface area contributed by atoms with Crippen molar-refractivity contribution in [1.29, 1.82) is 0 Å². The Balaban J connectivity index is 1.90. The minimum atomic E-state index is -0.0142. The fourth-order valence-corrected chi connectivity index (χ4v) is 2.40. The Labute approximate surface area is 136 Å². The topological polar surface area (TPSA) is 49.9 Å². The highest BCUT2D eigenvalue weighted by Gasteiger charge is 2.23. The Morgan fingerprint density at radius 1 is 1.00 bits per heavy atom. The maximum atomic E-state index is 12.4. The van der Waals surface area contributed by atoms with Gasteiger partial charge in [0, 0.05) is 37.8 Å². The van der Waals surface area contributed by atoms with Crippen LogP contribution in [0.4, 0.5) is 0 Å². The second-order valence-electron chi connectivity index (χ2n) is 5.23. The van der Waals surface area contributed by atoms with Crippen molar-refractivity contribution >= 4 is 11.8 Å². The second-order valence-corrected chi connectivity index (χ2v) is 5.23. The van der Waals surface area contributed by atoms with Crippen molar-refractivity contribution in [1.82, 2.24) is 9.80 Å². The molecule has 0 bridgehead atoms. The van der Waals surface area contributed by atoms with Crippen LogP contribution in [0.2, 0.25) is 0 Å². The van der Waals surface area contributed by atoms with Gasteiger partial charge in [0.05, 0.1) is 7.11 Å². The second kappa shape index (κ2) is 8.17. The van der Waals surface area contributed by atoms with Gasteiger partial charge >= 0.3 is 0 Å². The smallest absolute Gasteiger partial charge is 0.253 e. The lowest BCUT2D eigenvalue weighted by Gasteiger charge is -2.34. The average molecular weight is 314 g/mol. The minimum Gasteiger partial charge on any atom is -0.497 e. The molecule has 1 aromatic rings. The summed E-state index contributed by atoms with van der Waals surface area (Å²) in [6.45, 7) is 4.11. The number of hydrogen-bond acceptors (Lipinski definition) is 3. The summed E-state index contributed by atoms with van der Waals surface area (Å²) in [5, 5.41) is 0. The number of hydrogen-bond donors (Lipinski definition) is 0. The molecule has 0 N–H and O–H groups in total. The summed E-state index contributed by atoms with van der Waals surface area (Å²) in [6, 6.07) is 7.08. The third-order valence-electron chi connectivity index (χ3n) is 3.76. The SMILES string of the molecule is C/C=C/C=C/C(=O)N1CCN(C(=O)c2ccc(OC)cc2)CC1. The van der Waals surface area contributed by atoms with Crippen LogP contribution in [0.25, 0.3) is 0 Å². The summed E-state index contributed by atoms with van der Waals surface area (Å²) in [6.07, 6.45) is 6.98. The Morgan fingerprint density at radius 2 is 1.61 bits per heavy atom. The molecule has 0 aliphatic carbocycles. The first-order chi connectivity index (χ1) is 11.2. The molecule has 1 fully saturated rings. The molecule has 0 spiro atoms. The zero-order valence-electron chi connectivity index (χ0n) is 13.6. The van der Waals surface area contributed by atoms with Crippen LogP contribution in [-0.2, 0) is 4.79 Å². The lowest BCUT2D eigenvalue weighted by atomic mass is 10.1. The van der Waals surface area contributed by atoms with Crippen molar-refractivity contribution in [3.63, 3.8) is 0 Å². The molecule has 23 heavy (non-hydrogen) atoms. The van der Waals surface area contributed by atoms with Gasteiger partial charge in [-0.2, -0.15) is 0 Å². The van der Waals surface area contributed by atoms with Gasteiger partial charge in [-0.1, -0.05) is 18.2 Å². The van der Waals surface area contributed by atoms with E-state index in [9.17, 15) is 9.59 Å². The monoisotopic (exact) mass is 314 g/mol. The molecule has 2 amide bonds. The molecule has 1 aliphatic heterocycles. The standard InChI is InChI=1S/C18H22N2O3/c1-3-4-5-6-17(21)19-11-13-20(14-12-19)18(22)15-7-9-16(23-2)10-8-15/h3-10H,11-14H2,1-2H3/b4-3+,6-5+. The van der Waals surface area contributed by atoms with Crippen LogP contribution in [0, 0.1) is 0 Å². The summed E-state index contributed by atoms with van der Waals surface area (Å²) < 4.78 is 5.09. The molecule has 0 radical (unpaired) electrons. The van der Waals surface area contributed by atoms with E-state index in [1.54, 1.807) is 53.3 Å². The highest BCUT2D eigenvalue weighted by atomic mass is 16.5. The largest absolute Gasteiger partial charge is 0.497 e. The Kier molecular flexibility index (Phi) is 5.97. The molecule has 0 aromatic heterocycles. The third-order valence-corrected chi connectivity index (χ3v) is 3.76. The van der Waals surface area contributed by atoms with Gasteiger partial charge in [0.2, 0.25) is 5.91 Å². The van der Waals surface area contributed by atoms with Crippen LogP contribution >= 0.6 is 0 Å². The predicted octanol–water partition coefficient (Wildman–Crippen LogP) is 2.11. The number of benzene rings is 1. The van der Waals surface area contributed by atoms with Crippen LogP contribution in [0.15, 0.2) is 48.6 Å². The van der Waals surface area contributed by atoms with Gasteiger partial charge in [0.25, 0.3) is 5.91 Å². The minimum absolute atomic E-state index is 0.00999. The summed E-state index contributed by atoms with van der Waals surface area (Å²) in [5.41, 5.74) is 0.638. The number of amides is 2. The van der Waals surface area contributed by atoms with E-state index in [-0.39, 0.29) is 11.8 Å². The van der Waals surface area contributed by atoms with Gasteiger partial charge in [-0.05, 0) is 31.2 Å². The zero-order valence-corrected chi connectivity index (χ0v) is 13.6. The summed E-state index contributed by atoms with van der Waals surface area (Å²) >= 11 is 0. The first-order valence-electron chi connectivity index (χ1n) is 7.67. The lowest BCUT2D eigenvalue weighted by molar-refractivity contribution is -0.127. The molecule has 0 saturated carbocycles. The number of carbonyl (C=O) groups is 2. The van der Waals surface area contributed by atoms with Gasteiger partial charge < -0.3 is 14.5 Å². The fourth-order valence-electron chi connectivity index (χ4n) is 2.40. The molecule has 1 aliphatic rings. The van der Waals surface area contributed by atoms with Crippen molar-refractivity contribution in [3.05, 3.63) is 54.1 Å². The van der Waals surface area contributed by atoms with E-state index in [0.717, 1.165) is 5.75 Å². The first kappa shape index (κ1) is 16.8. The third kappa shape index (κ3) is 4.45. The lowest BCUT2D eigenvalue weighted by Crippen LogP contribution is -2.50. The number of methoxy groups -OCH3 is 1. The Bertz CT molecular complexity index is 597. The predicted molar refractivity (Wildman–Crippen MR) is 89.4 cm³/mol. The van der Waals surface area contributed by atoms with Crippen LogP contribution in [0.5, 0.6) is 5.75 Å². The number of nitrogens with zero attached hydrogens (tertiary/aromatic N) is 2. The summed E-state index contributed by atoms with van der Waals surface area (Å²) in [7, 11) is 1.60. The van der Waals surface area contributed by atoms with Crippen molar-refractivity contribution in [2.24, 2.45) is 0 Å². The Hall–Kier alpha value is -2.56. The van der Waals surface area contributed by atoms with E-state index >= 15 is 0 Å². The highest BCUT2D eigenvalue weighted by Crippen LogP contribution is 2.14.